The number of carboxylic acids is 1. The van der Waals surface area contributed by atoms with Crippen molar-refractivity contribution in [2.45, 2.75) is 51.6 Å². The maximum Gasteiger partial charge on any atom is 0.335 e. The summed E-state index contributed by atoms with van der Waals surface area (Å²) in [4.78, 5) is 27.1. The van der Waals surface area contributed by atoms with Crippen molar-refractivity contribution in [2.24, 2.45) is 0 Å². The van der Waals surface area contributed by atoms with Gasteiger partial charge in [0, 0.05) is 23.4 Å². The second kappa shape index (κ2) is 12.4. The van der Waals surface area contributed by atoms with Gasteiger partial charge in [0.15, 0.2) is 0 Å². The molecule has 3 aromatic carbocycles. The Morgan fingerprint density at radius 2 is 1.70 bits per heavy atom. The number of hydrogen-bond acceptors (Lipinski definition) is 5. The van der Waals surface area contributed by atoms with Crippen LogP contribution in [-0.4, -0.2) is 51.9 Å². The third-order valence-corrected chi connectivity index (χ3v) is 7.92. The van der Waals surface area contributed by atoms with Gasteiger partial charge < -0.3 is 15.2 Å². The highest BCUT2D eigenvalue weighted by molar-refractivity contribution is 6.08. The van der Waals surface area contributed by atoms with Gasteiger partial charge in [-0.3, -0.25) is 14.4 Å². The number of nitrogens with zero attached hydrogens (tertiary/aromatic N) is 3. The molecule has 0 aliphatic carbocycles. The molecule has 43 heavy (non-hydrogen) atoms. The number of hydrogen-bond donors (Lipinski definition) is 2. The number of ether oxygens (including phenoxy) is 1. The zero-order valence-electron chi connectivity index (χ0n) is 24.9. The molecule has 1 saturated heterocycles. The van der Waals surface area contributed by atoms with Crippen molar-refractivity contribution in [2.75, 3.05) is 25.5 Å². The molecule has 1 aromatic heterocycles. The summed E-state index contributed by atoms with van der Waals surface area (Å²) in [6, 6.07) is 18.9. The molecular formula is C34H37FN4O4. The Bertz CT molecular complexity index is 1600. The fourth-order valence-electron chi connectivity index (χ4n) is 5.65. The first kappa shape index (κ1) is 30.0. The SMILES string of the molecule is COc1ccc(NC(=O)c2cnn(C(C)(C)C)c2-c2ccc(F)cc2)cc1CN1CCC(c2ccc(C(=O)O)cc2)CC1. The molecule has 1 fully saturated rings. The Kier molecular flexibility index (Phi) is 8.64. The molecule has 0 bridgehead atoms. The lowest BCUT2D eigenvalue weighted by molar-refractivity contribution is 0.0696. The number of nitrogens with one attached hydrogen (secondary N) is 1. The van der Waals surface area contributed by atoms with Crippen LogP contribution in [-0.2, 0) is 12.1 Å². The van der Waals surface area contributed by atoms with Crippen LogP contribution >= 0.6 is 0 Å². The molecule has 1 aliphatic heterocycles. The fourth-order valence-corrected chi connectivity index (χ4v) is 5.65. The average molecular weight is 585 g/mol. The fraction of sp³-hybridized carbons (Fsp3) is 0.324. The van der Waals surface area contributed by atoms with Gasteiger partial charge in [-0.2, -0.15) is 5.10 Å². The summed E-state index contributed by atoms with van der Waals surface area (Å²) in [6.45, 7) is 8.45. The monoisotopic (exact) mass is 584 g/mol. The molecule has 0 unspecified atom stereocenters. The number of carboxylic acid groups (broad SMARTS) is 1. The highest BCUT2D eigenvalue weighted by Crippen LogP contribution is 2.33. The van der Waals surface area contributed by atoms with Gasteiger partial charge >= 0.3 is 5.97 Å². The molecule has 0 atom stereocenters. The highest BCUT2D eigenvalue weighted by Gasteiger charge is 2.26. The van der Waals surface area contributed by atoms with Crippen LogP contribution < -0.4 is 10.1 Å². The second-order valence-electron chi connectivity index (χ2n) is 12.0. The summed E-state index contributed by atoms with van der Waals surface area (Å²) in [7, 11) is 1.64. The lowest BCUT2D eigenvalue weighted by Crippen LogP contribution is -2.32. The van der Waals surface area contributed by atoms with E-state index in [1.165, 1.54) is 17.7 Å². The third kappa shape index (κ3) is 6.78. The van der Waals surface area contributed by atoms with Gasteiger partial charge in [-0.25, -0.2) is 9.18 Å². The van der Waals surface area contributed by atoms with Crippen LogP contribution in [0.1, 0.15) is 71.4 Å². The highest BCUT2D eigenvalue weighted by atomic mass is 19.1. The number of likely N-dealkylation sites (tertiary alicyclic amines) is 1. The Hall–Kier alpha value is -4.50. The lowest BCUT2D eigenvalue weighted by atomic mass is 9.89. The van der Waals surface area contributed by atoms with Crippen molar-refractivity contribution in [3.8, 4) is 17.0 Å². The molecule has 2 N–H and O–H groups in total. The molecule has 0 radical (unpaired) electrons. The molecule has 4 aromatic rings. The molecule has 0 spiro atoms. The van der Waals surface area contributed by atoms with E-state index in [0.29, 0.717) is 40.5 Å². The van der Waals surface area contributed by atoms with Crippen LogP contribution in [0.25, 0.3) is 11.3 Å². The van der Waals surface area contributed by atoms with E-state index < -0.39 is 11.5 Å². The largest absolute Gasteiger partial charge is 0.496 e. The topological polar surface area (TPSA) is 96.7 Å². The van der Waals surface area contributed by atoms with Crippen LogP contribution in [0.2, 0.25) is 0 Å². The number of carbonyl (C=O) groups excluding carboxylic acids is 1. The van der Waals surface area contributed by atoms with Crippen LogP contribution in [0.15, 0.2) is 72.9 Å². The van der Waals surface area contributed by atoms with Crippen molar-refractivity contribution < 1.29 is 23.8 Å². The summed E-state index contributed by atoms with van der Waals surface area (Å²) in [5.41, 5.74) is 4.41. The smallest absolute Gasteiger partial charge is 0.335 e. The number of rotatable bonds is 8. The van der Waals surface area contributed by atoms with Crippen LogP contribution in [0.5, 0.6) is 5.75 Å². The Morgan fingerprint density at radius 1 is 1.02 bits per heavy atom. The van der Waals surface area contributed by atoms with Crippen molar-refractivity contribution in [3.63, 3.8) is 0 Å². The molecule has 2 heterocycles. The maximum absolute atomic E-state index is 13.7. The Morgan fingerprint density at radius 3 is 2.30 bits per heavy atom. The molecule has 8 nitrogen and oxygen atoms in total. The zero-order valence-corrected chi connectivity index (χ0v) is 24.9. The minimum absolute atomic E-state index is 0.301. The van der Waals surface area contributed by atoms with E-state index in [1.54, 1.807) is 42.3 Å². The number of anilines is 1. The van der Waals surface area contributed by atoms with Crippen molar-refractivity contribution in [1.29, 1.82) is 0 Å². The van der Waals surface area contributed by atoms with E-state index in [0.717, 1.165) is 37.2 Å². The van der Waals surface area contributed by atoms with Gasteiger partial charge in [0.2, 0.25) is 0 Å². The van der Waals surface area contributed by atoms with E-state index in [2.05, 4.69) is 15.3 Å². The number of amides is 1. The summed E-state index contributed by atoms with van der Waals surface area (Å²) < 4.78 is 21.1. The van der Waals surface area contributed by atoms with Crippen LogP contribution in [0.4, 0.5) is 10.1 Å². The zero-order chi connectivity index (χ0) is 30.7. The number of piperidine rings is 1. The van der Waals surface area contributed by atoms with Gasteiger partial charge in [0.05, 0.1) is 35.7 Å². The van der Waals surface area contributed by atoms with Crippen LogP contribution in [0, 0.1) is 5.82 Å². The normalized spacial score (nSPS) is 14.4. The number of benzene rings is 3. The maximum atomic E-state index is 13.7. The number of aromatic nitrogens is 2. The van der Waals surface area contributed by atoms with Crippen molar-refractivity contribution >= 4 is 17.6 Å². The van der Waals surface area contributed by atoms with Crippen molar-refractivity contribution in [3.05, 3.63) is 101 Å². The Labute approximate surface area is 251 Å². The summed E-state index contributed by atoms with van der Waals surface area (Å²) >= 11 is 0. The number of aromatic carboxylic acids is 1. The van der Waals surface area contributed by atoms with Crippen LogP contribution in [0.3, 0.4) is 0 Å². The lowest BCUT2D eigenvalue weighted by Gasteiger charge is -2.32. The van der Waals surface area contributed by atoms with E-state index in [9.17, 15) is 19.1 Å². The first-order chi connectivity index (χ1) is 20.5. The quantitative estimate of drug-likeness (QED) is 0.237. The van der Waals surface area contributed by atoms with Gasteiger partial charge in [0.1, 0.15) is 11.6 Å². The summed E-state index contributed by atoms with van der Waals surface area (Å²) in [5, 5.41) is 16.7. The van der Waals surface area contributed by atoms with E-state index in [4.69, 9.17) is 4.74 Å². The van der Waals surface area contributed by atoms with Gasteiger partial charge in [-0.15, -0.1) is 0 Å². The van der Waals surface area contributed by atoms with E-state index in [1.807, 2.05) is 51.1 Å². The van der Waals surface area contributed by atoms with E-state index in [-0.39, 0.29) is 11.7 Å². The Balaban J connectivity index is 1.30. The standard InChI is InChI=1S/C34H37FN4O4/c1-34(2,3)39-31(24-9-11-27(35)12-10-24)29(20-36-39)32(40)37-28-13-14-30(43-4)26(19-28)21-38-17-15-23(16-18-38)22-5-7-25(8-6-22)33(41)42/h5-14,19-20,23H,15-18,21H2,1-4H3,(H,37,40)(H,41,42). The number of halogens is 1. The van der Waals surface area contributed by atoms with Gasteiger partial charge in [-0.1, -0.05) is 12.1 Å². The van der Waals surface area contributed by atoms with Gasteiger partial charge in [0.25, 0.3) is 5.91 Å². The minimum atomic E-state index is -0.915. The predicted molar refractivity (Wildman–Crippen MR) is 164 cm³/mol. The number of methoxy groups -OCH3 is 1. The summed E-state index contributed by atoms with van der Waals surface area (Å²) in [6.07, 6.45) is 3.49. The first-order valence-electron chi connectivity index (χ1n) is 14.4. The third-order valence-electron chi connectivity index (χ3n) is 7.92. The van der Waals surface area contributed by atoms with Gasteiger partial charge in [-0.05, 0) is 113 Å². The molecule has 1 aliphatic rings. The first-order valence-corrected chi connectivity index (χ1v) is 14.4. The molecule has 0 saturated carbocycles. The predicted octanol–water partition coefficient (Wildman–Crippen LogP) is 6.78. The van der Waals surface area contributed by atoms with E-state index >= 15 is 0 Å². The molecule has 5 rings (SSSR count). The van der Waals surface area contributed by atoms with Crippen molar-refractivity contribution in [1.82, 2.24) is 14.7 Å². The number of carbonyl (C=O) groups is 2. The molecule has 224 valence electrons. The molecular weight excluding hydrogens is 547 g/mol. The second-order valence-corrected chi connectivity index (χ2v) is 12.0. The minimum Gasteiger partial charge on any atom is -0.496 e. The summed E-state index contributed by atoms with van der Waals surface area (Å²) in [5.74, 6) is -0.434. The molecule has 1 amide bonds. The average Bonchev–Trinajstić information content (AvgIpc) is 3.45. The molecule has 9 heteroatoms.